The van der Waals surface area contributed by atoms with Crippen LogP contribution in [0.3, 0.4) is 0 Å². The minimum Gasteiger partial charge on any atom is -0.444 e. The lowest BCUT2D eigenvalue weighted by Gasteiger charge is -2.21. The Morgan fingerprint density at radius 1 is 1.36 bits per heavy atom. The van der Waals surface area contributed by atoms with Gasteiger partial charge >= 0.3 is 12.3 Å². The molecule has 0 saturated heterocycles. The number of carbonyl (C=O) groups excluding carboxylic acids is 1. The smallest absolute Gasteiger partial charge is 0.417 e. The number of hydrogen-bond acceptors (Lipinski definition) is 3. The minimum absolute atomic E-state index is 0.0617. The lowest BCUT2D eigenvalue weighted by molar-refractivity contribution is -0.137. The number of rotatable bonds is 3. The van der Waals surface area contributed by atoms with Crippen LogP contribution < -0.4 is 11.1 Å². The van der Waals surface area contributed by atoms with Crippen LogP contribution in [0.15, 0.2) is 18.2 Å². The number of amides is 1. The van der Waals surface area contributed by atoms with Crippen molar-refractivity contribution in [2.45, 2.75) is 38.6 Å². The molecular formula is C14H18ClF3N2O2. The van der Waals surface area contributed by atoms with Crippen molar-refractivity contribution in [2.24, 2.45) is 5.73 Å². The van der Waals surface area contributed by atoms with Gasteiger partial charge in [-0.25, -0.2) is 4.79 Å². The Hall–Kier alpha value is -1.47. The molecule has 0 spiro atoms. The maximum Gasteiger partial charge on any atom is 0.417 e. The second-order valence-electron chi connectivity index (χ2n) is 5.73. The fourth-order valence-electron chi connectivity index (χ4n) is 1.62. The zero-order chi connectivity index (χ0) is 17.1. The predicted octanol–water partition coefficient (Wildman–Crippen LogP) is 3.88. The summed E-state index contributed by atoms with van der Waals surface area (Å²) in [6.07, 6.45) is -5.25. The van der Waals surface area contributed by atoms with Crippen molar-refractivity contribution >= 4 is 17.7 Å². The Kier molecular flexibility index (Phi) is 5.70. The van der Waals surface area contributed by atoms with Crippen LogP contribution in [-0.2, 0) is 10.9 Å². The molecule has 1 aromatic carbocycles. The quantitative estimate of drug-likeness (QED) is 0.879. The van der Waals surface area contributed by atoms with E-state index < -0.39 is 34.5 Å². The molecule has 8 heteroatoms. The van der Waals surface area contributed by atoms with E-state index in [0.29, 0.717) is 0 Å². The van der Waals surface area contributed by atoms with E-state index in [-0.39, 0.29) is 12.1 Å². The molecule has 1 aromatic rings. The van der Waals surface area contributed by atoms with Gasteiger partial charge in [-0.05, 0) is 38.5 Å². The first-order chi connectivity index (χ1) is 9.90. The summed E-state index contributed by atoms with van der Waals surface area (Å²) < 4.78 is 43.3. The number of halogens is 4. The fourth-order valence-corrected chi connectivity index (χ4v) is 1.84. The van der Waals surface area contributed by atoms with E-state index in [4.69, 9.17) is 22.1 Å². The summed E-state index contributed by atoms with van der Waals surface area (Å²) in [4.78, 5) is 11.5. The first kappa shape index (κ1) is 18.6. The molecule has 0 aliphatic heterocycles. The molecule has 0 aliphatic rings. The van der Waals surface area contributed by atoms with Gasteiger partial charge in [0.15, 0.2) is 0 Å². The van der Waals surface area contributed by atoms with Crippen LogP contribution in [-0.4, -0.2) is 18.2 Å². The van der Waals surface area contributed by atoms with Gasteiger partial charge in [0.25, 0.3) is 0 Å². The SMILES string of the molecule is CC(C)(C)OC(=O)NCC(N)c1ccc(Cl)c(C(F)(F)F)c1. The Morgan fingerprint density at radius 3 is 2.45 bits per heavy atom. The second-order valence-corrected chi connectivity index (χ2v) is 6.13. The molecule has 1 amide bonds. The highest BCUT2D eigenvalue weighted by atomic mass is 35.5. The average molecular weight is 339 g/mol. The van der Waals surface area contributed by atoms with E-state index >= 15 is 0 Å². The summed E-state index contributed by atoms with van der Waals surface area (Å²) in [5.41, 5.74) is 4.38. The van der Waals surface area contributed by atoms with Gasteiger partial charge in [-0.3, -0.25) is 0 Å². The summed E-state index contributed by atoms with van der Waals surface area (Å²) in [7, 11) is 0. The Balaban J connectivity index is 2.75. The number of alkyl carbamates (subject to hydrolysis) is 1. The fraction of sp³-hybridized carbons (Fsp3) is 0.500. The number of ether oxygens (including phenoxy) is 1. The Bertz CT molecular complexity index is 542. The molecule has 0 saturated carbocycles. The topological polar surface area (TPSA) is 64.3 Å². The third kappa shape index (κ3) is 5.73. The standard InChI is InChI=1S/C14H18ClF3N2O2/c1-13(2,3)22-12(21)20-7-11(19)8-4-5-10(15)9(6-8)14(16,17)18/h4-6,11H,7,19H2,1-3H3,(H,20,21). The second kappa shape index (κ2) is 6.75. The van der Waals surface area contributed by atoms with Crippen LogP contribution in [0.2, 0.25) is 5.02 Å². The van der Waals surface area contributed by atoms with Gasteiger partial charge in [0.2, 0.25) is 0 Å². The van der Waals surface area contributed by atoms with Gasteiger partial charge in [-0.15, -0.1) is 0 Å². The number of carbonyl (C=O) groups is 1. The van der Waals surface area contributed by atoms with Crippen molar-refractivity contribution in [3.8, 4) is 0 Å². The molecule has 1 unspecified atom stereocenters. The molecule has 0 radical (unpaired) electrons. The van der Waals surface area contributed by atoms with E-state index in [1.807, 2.05) is 0 Å². The van der Waals surface area contributed by atoms with Gasteiger partial charge < -0.3 is 15.8 Å². The summed E-state index contributed by atoms with van der Waals surface area (Å²) in [6, 6.07) is 2.58. The molecule has 0 aliphatic carbocycles. The number of nitrogens with one attached hydrogen (secondary N) is 1. The van der Waals surface area contributed by atoms with Crippen molar-refractivity contribution in [2.75, 3.05) is 6.54 Å². The average Bonchev–Trinajstić information content (AvgIpc) is 2.33. The molecule has 0 heterocycles. The zero-order valence-corrected chi connectivity index (χ0v) is 13.2. The number of hydrogen-bond donors (Lipinski definition) is 2. The van der Waals surface area contributed by atoms with Gasteiger partial charge in [0.05, 0.1) is 10.6 Å². The van der Waals surface area contributed by atoms with Crippen molar-refractivity contribution in [3.05, 3.63) is 34.3 Å². The van der Waals surface area contributed by atoms with E-state index in [0.717, 1.165) is 12.1 Å². The van der Waals surface area contributed by atoms with Crippen molar-refractivity contribution in [1.29, 1.82) is 0 Å². The van der Waals surface area contributed by atoms with Crippen LogP contribution in [0, 0.1) is 0 Å². The lowest BCUT2D eigenvalue weighted by Crippen LogP contribution is -2.36. The highest BCUT2D eigenvalue weighted by Gasteiger charge is 2.33. The van der Waals surface area contributed by atoms with Crippen LogP contribution in [0.5, 0.6) is 0 Å². The number of alkyl halides is 3. The van der Waals surface area contributed by atoms with E-state index in [2.05, 4.69) is 5.32 Å². The van der Waals surface area contributed by atoms with Crippen LogP contribution in [0.25, 0.3) is 0 Å². The zero-order valence-electron chi connectivity index (χ0n) is 12.4. The van der Waals surface area contributed by atoms with Crippen LogP contribution in [0.4, 0.5) is 18.0 Å². The summed E-state index contributed by atoms with van der Waals surface area (Å²) in [5, 5.41) is 2.01. The molecule has 3 N–H and O–H groups in total. The Labute approximate surface area is 131 Å². The van der Waals surface area contributed by atoms with Gasteiger partial charge in [-0.1, -0.05) is 17.7 Å². The van der Waals surface area contributed by atoms with E-state index in [9.17, 15) is 18.0 Å². The third-order valence-corrected chi connectivity index (χ3v) is 2.92. The molecule has 22 heavy (non-hydrogen) atoms. The van der Waals surface area contributed by atoms with E-state index in [1.54, 1.807) is 20.8 Å². The summed E-state index contributed by atoms with van der Waals surface area (Å²) in [6.45, 7) is 5.03. The predicted molar refractivity (Wildman–Crippen MR) is 77.6 cm³/mol. The molecule has 0 fully saturated rings. The molecule has 0 bridgehead atoms. The molecule has 0 aromatic heterocycles. The molecule has 1 atom stereocenters. The third-order valence-electron chi connectivity index (χ3n) is 2.59. The maximum atomic E-state index is 12.8. The van der Waals surface area contributed by atoms with Crippen molar-refractivity contribution < 1.29 is 22.7 Å². The van der Waals surface area contributed by atoms with Crippen molar-refractivity contribution in [1.82, 2.24) is 5.32 Å². The number of benzene rings is 1. The Morgan fingerprint density at radius 2 is 1.95 bits per heavy atom. The highest BCUT2D eigenvalue weighted by Crippen LogP contribution is 2.35. The lowest BCUT2D eigenvalue weighted by atomic mass is 10.0. The van der Waals surface area contributed by atoms with Crippen molar-refractivity contribution in [3.63, 3.8) is 0 Å². The molecule has 1 rings (SSSR count). The maximum absolute atomic E-state index is 12.8. The summed E-state index contributed by atoms with van der Waals surface area (Å²) in [5.74, 6) is 0. The molecule has 124 valence electrons. The monoisotopic (exact) mass is 338 g/mol. The minimum atomic E-state index is -4.56. The molecule has 4 nitrogen and oxygen atoms in total. The van der Waals surface area contributed by atoms with Gasteiger partial charge in [-0.2, -0.15) is 13.2 Å². The largest absolute Gasteiger partial charge is 0.444 e. The first-order valence-electron chi connectivity index (χ1n) is 6.49. The van der Waals surface area contributed by atoms with Crippen LogP contribution >= 0.6 is 11.6 Å². The van der Waals surface area contributed by atoms with E-state index in [1.165, 1.54) is 6.07 Å². The molecular weight excluding hydrogens is 321 g/mol. The normalized spacial score (nSPS) is 13.6. The number of nitrogens with two attached hydrogens (primary N) is 1. The summed E-state index contributed by atoms with van der Waals surface area (Å²) >= 11 is 5.54. The first-order valence-corrected chi connectivity index (χ1v) is 6.87. The van der Waals surface area contributed by atoms with Gasteiger partial charge in [0, 0.05) is 12.6 Å². The highest BCUT2D eigenvalue weighted by molar-refractivity contribution is 6.31. The van der Waals surface area contributed by atoms with Gasteiger partial charge in [0.1, 0.15) is 5.60 Å². The van der Waals surface area contributed by atoms with Crippen LogP contribution in [0.1, 0.15) is 37.9 Å².